The molecule has 0 aliphatic carbocycles. The molecule has 216 valence electrons. The molecule has 5 atom stereocenters. The van der Waals surface area contributed by atoms with Crippen LogP contribution in [0.4, 0.5) is 0 Å². The van der Waals surface area contributed by atoms with Gasteiger partial charge >= 0.3 is 29.8 Å². The zero-order valence-electron chi connectivity index (χ0n) is 22.3. The van der Waals surface area contributed by atoms with E-state index in [4.69, 9.17) is 33.2 Å². The molecule has 14 nitrogen and oxygen atoms in total. The summed E-state index contributed by atoms with van der Waals surface area (Å²) in [6.45, 7) is 3.64. The number of carbonyl (C=O) groups is 5. The lowest BCUT2D eigenvalue weighted by Gasteiger charge is -2.44. The number of aromatic nitrogens is 2. The van der Waals surface area contributed by atoms with E-state index in [1.807, 2.05) is 30.3 Å². The molecule has 2 aromatic rings. The van der Waals surface area contributed by atoms with Gasteiger partial charge in [-0.2, -0.15) is 0 Å². The molecule has 0 unspecified atom stereocenters. The summed E-state index contributed by atoms with van der Waals surface area (Å²) >= 11 is 0. The van der Waals surface area contributed by atoms with Crippen molar-refractivity contribution < 1.29 is 57.1 Å². The minimum Gasteiger partial charge on any atom is -0.463 e. The quantitative estimate of drug-likeness (QED) is 0.217. The number of esters is 5. The topological polar surface area (TPSA) is 168 Å². The van der Waals surface area contributed by atoms with Crippen LogP contribution in [-0.4, -0.2) is 89.9 Å². The Hall–Kier alpha value is -4.30. The first-order valence-corrected chi connectivity index (χ1v) is 12.2. The van der Waals surface area contributed by atoms with Crippen LogP contribution in [0.3, 0.4) is 0 Å². The molecule has 40 heavy (non-hydrogen) atoms. The van der Waals surface area contributed by atoms with Gasteiger partial charge in [0.2, 0.25) is 0 Å². The molecule has 0 N–H and O–H groups in total. The van der Waals surface area contributed by atoms with Crippen molar-refractivity contribution in [3.63, 3.8) is 0 Å². The Balaban J connectivity index is 1.69. The van der Waals surface area contributed by atoms with Crippen LogP contribution in [0.25, 0.3) is 5.69 Å². The molecule has 0 saturated carbocycles. The summed E-state index contributed by atoms with van der Waals surface area (Å²) in [6.07, 6.45) is -3.60. The van der Waals surface area contributed by atoms with Gasteiger partial charge in [-0.05, 0) is 12.1 Å². The lowest BCUT2D eigenvalue weighted by molar-refractivity contribution is -0.308. The van der Waals surface area contributed by atoms with Gasteiger partial charge in [0.25, 0.3) is 0 Å². The van der Waals surface area contributed by atoms with Crippen molar-refractivity contribution in [3.05, 3.63) is 48.5 Å². The largest absolute Gasteiger partial charge is 0.463 e. The number of para-hydroxylation sites is 1. The van der Waals surface area contributed by atoms with Crippen LogP contribution in [0.15, 0.2) is 42.9 Å². The normalized spacial score (nSPS) is 22.1. The maximum Gasteiger partial charge on any atom is 0.358 e. The van der Waals surface area contributed by atoms with Gasteiger partial charge in [0.15, 0.2) is 30.3 Å². The van der Waals surface area contributed by atoms with E-state index < -0.39 is 67.2 Å². The van der Waals surface area contributed by atoms with E-state index in [9.17, 15) is 24.0 Å². The predicted molar refractivity (Wildman–Crippen MR) is 132 cm³/mol. The van der Waals surface area contributed by atoms with Crippen LogP contribution in [-0.2, 0) is 52.3 Å². The highest BCUT2D eigenvalue weighted by Crippen LogP contribution is 2.30. The fourth-order valence-electron chi connectivity index (χ4n) is 3.86. The van der Waals surface area contributed by atoms with E-state index >= 15 is 0 Å². The van der Waals surface area contributed by atoms with Crippen LogP contribution in [0.1, 0.15) is 38.2 Å². The maximum atomic E-state index is 12.5. The number of imidazole rings is 1. The van der Waals surface area contributed by atoms with Crippen LogP contribution in [0.5, 0.6) is 0 Å². The fraction of sp³-hybridized carbons (Fsp3) is 0.462. The summed E-state index contributed by atoms with van der Waals surface area (Å²) in [5, 5.41) is 0. The van der Waals surface area contributed by atoms with Crippen molar-refractivity contribution in [1.29, 1.82) is 0 Å². The lowest BCUT2D eigenvalue weighted by atomic mass is 9.98. The molecule has 1 aromatic carbocycles. The number of hydrogen-bond donors (Lipinski definition) is 0. The molecular weight excluding hydrogens is 532 g/mol. The lowest BCUT2D eigenvalue weighted by Crippen LogP contribution is -2.63. The zero-order valence-corrected chi connectivity index (χ0v) is 22.3. The van der Waals surface area contributed by atoms with Gasteiger partial charge < -0.3 is 37.7 Å². The van der Waals surface area contributed by atoms with Crippen LogP contribution < -0.4 is 0 Å². The SMILES string of the molecule is CC(=O)OC[C@H]1O[C@@H](OCCOC(=O)c2cn(-c3ccccc3)cn2)[C@H](OC(C)=O)[C@@H](OC(C)=O)[C@H]1OC(C)=O. The van der Waals surface area contributed by atoms with Crippen LogP contribution >= 0.6 is 0 Å². The standard InChI is InChI=1S/C26H30N2O12/c1-15(29)36-13-21-22(37-16(2)30)23(38-17(3)31)24(39-18(4)32)26(40-21)35-11-10-34-25(33)20-12-28(14-27-20)19-8-6-5-7-9-19/h5-9,12,14,21-24,26H,10-11,13H2,1-4H3/t21-,22+,23+,24-,26-/m1/s1. The van der Waals surface area contributed by atoms with E-state index in [1.54, 1.807) is 4.57 Å². The van der Waals surface area contributed by atoms with E-state index in [-0.39, 0.29) is 18.9 Å². The Kier molecular flexibility index (Phi) is 10.7. The van der Waals surface area contributed by atoms with Crippen molar-refractivity contribution in [1.82, 2.24) is 9.55 Å². The first kappa shape index (κ1) is 30.2. The summed E-state index contributed by atoms with van der Waals surface area (Å²) < 4.78 is 39.3. The van der Waals surface area contributed by atoms with E-state index in [0.717, 1.165) is 26.5 Å². The highest BCUT2D eigenvalue weighted by atomic mass is 16.7. The number of hydrogen-bond acceptors (Lipinski definition) is 13. The molecule has 1 fully saturated rings. The smallest absolute Gasteiger partial charge is 0.358 e. The van der Waals surface area contributed by atoms with E-state index in [1.165, 1.54) is 19.4 Å². The molecule has 14 heteroatoms. The molecule has 3 rings (SSSR count). The van der Waals surface area contributed by atoms with Crippen molar-refractivity contribution in [2.24, 2.45) is 0 Å². The molecule has 0 bridgehead atoms. The van der Waals surface area contributed by atoms with Gasteiger partial charge in [-0.15, -0.1) is 0 Å². The van der Waals surface area contributed by atoms with Gasteiger partial charge in [0, 0.05) is 39.6 Å². The van der Waals surface area contributed by atoms with Crippen LogP contribution in [0.2, 0.25) is 0 Å². The Labute approximate surface area is 229 Å². The minimum absolute atomic E-state index is 0.0659. The average molecular weight is 563 g/mol. The third kappa shape index (κ3) is 8.61. The van der Waals surface area contributed by atoms with Gasteiger partial charge in [-0.25, -0.2) is 9.78 Å². The number of ether oxygens (including phenoxy) is 7. The molecule has 1 aromatic heterocycles. The Morgan fingerprint density at radius 2 is 1.43 bits per heavy atom. The summed E-state index contributed by atoms with van der Waals surface area (Å²) in [6, 6.07) is 9.24. The zero-order chi connectivity index (χ0) is 29.2. The van der Waals surface area contributed by atoms with Crippen molar-refractivity contribution in [2.45, 2.75) is 58.4 Å². The number of nitrogens with zero attached hydrogens (tertiary/aromatic N) is 2. The average Bonchev–Trinajstić information content (AvgIpc) is 3.39. The fourth-order valence-corrected chi connectivity index (χ4v) is 3.86. The van der Waals surface area contributed by atoms with Crippen LogP contribution in [0, 0.1) is 0 Å². The summed E-state index contributed by atoms with van der Waals surface area (Å²) in [5.74, 6) is -3.63. The van der Waals surface area contributed by atoms with Crippen molar-refractivity contribution >= 4 is 29.8 Å². The third-order valence-corrected chi connectivity index (χ3v) is 5.39. The molecular formula is C26H30N2O12. The highest BCUT2D eigenvalue weighted by molar-refractivity contribution is 5.87. The molecule has 1 aliphatic rings. The predicted octanol–water partition coefficient (Wildman–Crippen LogP) is 1.13. The summed E-state index contributed by atoms with van der Waals surface area (Å²) in [5.41, 5.74) is 0.872. The molecule has 0 spiro atoms. The molecule has 2 heterocycles. The second-order valence-electron chi connectivity index (χ2n) is 8.58. The highest BCUT2D eigenvalue weighted by Gasteiger charge is 2.52. The monoisotopic (exact) mass is 562 g/mol. The van der Waals surface area contributed by atoms with Gasteiger partial charge in [-0.3, -0.25) is 19.2 Å². The molecule has 1 saturated heterocycles. The second kappa shape index (κ2) is 14.2. The number of carbonyl (C=O) groups excluding carboxylic acids is 5. The number of rotatable bonds is 11. The number of benzene rings is 1. The first-order valence-electron chi connectivity index (χ1n) is 12.2. The van der Waals surface area contributed by atoms with Gasteiger partial charge in [0.1, 0.15) is 25.6 Å². The molecule has 0 radical (unpaired) electrons. The molecule has 1 aliphatic heterocycles. The molecule has 0 amide bonds. The van der Waals surface area contributed by atoms with Gasteiger partial charge in [0.05, 0.1) is 6.61 Å². The van der Waals surface area contributed by atoms with Crippen molar-refractivity contribution in [3.8, 4) is 5.69 Å². The second-order valence-corrected chi connectivity index (χ2v) is 8.58. The van der Waals surface area contributed by atoms with E-state index in [2.05, 4.69) is 4.98 Å². The Morgan fingerprint density at radius 3 is 2.05 bits per heavy atom. The Bertz CT molecular complexity index is 1200. The Morgan fingerprint density at radius 1 is 0.800 bits per heavy atom. The third-order valence-electron chi connectivity index (χ3n) is 5.39. The van der Waals surface area contributed by atoms with E-state index in [0.29, 0.717) is 0 Å². The summed E-state index contributed by atoms with van der Waals surface area (Å²) in [4.78, 5) is 63.5. The maximum absolute atomic E-state index is 12.5. The first-order chi connectivity index (χ1) is 19.0. The summed E-state index contributed by atoms with van der Waals surface area (Å²) in [7, 11) is 0. The minimum atomic E-state index is -1.38. The van der Waals surface area contributed by atoms with Crippen molar-refractivity contribution in [2.75, 3.05) is 19.8 Å². The van der Waals surface area contributed by atoms with Gasteiger partial charge in [-0.1, -0.05) is 18.2 Å².